The topological polar surface area (TPSA) is 0 Å². The highest BCUT2D eigenvalue weighted by atomic mass is 14.4. The van der Waals surface area contributed by atoms with Gasteiger partial charge in [-0.3, -0.25) is 0 Å². The van der Waals surface area contributed by atoms with Gasteiger partial charge in [-0.2, -0.15) is 0 Å². The maximum absolute atomic E-state index is 9.44. The Hall–Kier alpha value is -5.20. The summed E-state index contributed by atoms with van der Waals surface area (Å²) in [5.74, 6) is -0.110. The van der Waals surface area contributed by atoms with Gasteiger partial charge >= 0.3 is 0 Å². The first-order chi connectivity index (χ1) is 24.2. The van der Waals surface area contributed by atoms with Crippen LogP contribution in [-0.2, 0) is 0 Å². The van der Waals surface area contributed by atoms with Gasteiger partial charge in [-0.25, -0.2) is 0 Å². The minimum absolute atomic E-state index is 0.00575. The summed E-state index contributed by atoms with van der Waals surface area (Å²) in [5.41, 5.74) is 6.33. The van der Waals surface area contributed by atoms with Crippen molar-refractivity contribution in [3.8, 4) is 11.1 Å². The van der Waals surface area contributed by atoms with Crippen molar-refractivity contribution < 1.29 is 11.0 Å². The number of fused-ring (bicyclic) bond motifs is 8. The van der Waals surface area contributed by atoms with Crippen molar-refractivity contribution in [1.82, 2.24) is 0 Å². The molecule has 0 spiro atoms. The van der Waals surface area contributed by atoms with E-state index in [-0.39, 0.29) is 57.6 Å². The molecule has 6 aromatic carbocycles. The molecule has 6 aromatic rings. The lowest BCUT2D eigenvalue weighted by Gasteiger charge is -2.37. The number of rotatable bonds is 2. The van der Waals surface area contributed by atoms with Gasteiger partial charge in [-0.05, 0) is 76.9 Å². The summed E-state index contributed by atoms with van der Waals surface area (Å²) in [6, 6.07) is 19.1. The van der Waals surface area contributed by atoms with Gasteiger partial charge in [0.2, 0.25) is 0 Å². The van der Waals surface area contributed by atoms with Crippen molar-refractivity contribution in [3.05, 3.63) is 179 Å². The summed E-state index contributed by atoms with van der Waals surface area (Å²) in [7, 11) is 0. The normalized spacial score (nSPS) is 21.4. The summed E-state index contributed by atoms with van der Waals surface area (Å²) in [6.07, 6.45) is 14.4. The van der Waals surface area contributed by atoms with Crippen LogP contribution >= 0.6 is 0 Å². The monoisotopic (exact) mass is 540 g/mol. The van der Waals surface area contributed by atoms with Crippen molar-refractivity contribution in [2.75, 3.05) is 0 Å². The van der Waals surface area contributed by atoms with Gasteiger partial charge in [0.15, 0.2) is 0 Å². The Bertz CT molecular complexity index is 2610. The molecule has 0 radical (unpaired) electrons. The average molecular weight is 541 g/mol. The van der Waals surface area contributed by atoms with E-state index in [4.69, 9.17) is 5.48 Å². The Balaban J connectivity index is 1.54. The lowest BCUT2D eigenvalue weighted by atomic mass is 9.66. The minimum atomic E-state index is -0.403. The van der Waals surface area contributed by atoms with Gasteiger partial charge in [0.1, 0.15) is 0 Å². The molecule has 196 valence electrons. The van der Waals surface area contributed by atoms with Crippen LogP contribution in [0.4, 0.5) is 0 Å². The fourth-order valence-corrected chi connectivity index (χ4v) is 7.15. The van der Waals surface area contributed by atoms with Crippen LogP contribution in [0.2, 0.25) is 0 Å². The van der Waals surface area contributed by atoms with Crippen LogP contribution in [0.15, 0.2) is 163 Å². The first-order valence-corrected chi connectivity index (χ1v) is 14.2. The molecule has 2 atom stereocenters. The number of hydrogen-bond donors (Lipinski definition) is 0. The molecule has 0 heterocycles. The second-order valence-corrected chi connectivity index (χ2v) is 11.0. The van der Waals surface area contributed by atoms with Crippen LogP contribution in [0.3, 0.4) is 0 Å². The zero-order valence-corrected chi connectivity index (χ0v) is 22.5. The van der Waals surface area contributed by atoms with Gasteiger partial charge in [0.25, 0.3) is 0 Å². The van der Waals surface area contributed by atoms with E-state index < -0.39 is 24.2 Å². The third kappa shape index (κ3) is 3.36. The lowest BCUT2D eigenvalue weighted by molar-refractivity contribution is 0.648. The molecule has 2 unspecified atom stereocenters. The predicted molar refractivity (Wildman–Crippen MR) is 179 cm³/mol. The second-order valence-electron chi connectivity index (χ2n) is 11.0. The molecule has 0 nitrogen and oxygen atoms in total. The highest BCUT2D eigenvalue weighted by molar-refractivity contribution is 6.22. The van der Waals surface area contributed by atoms with Gasteiger partial charge in [-0.15, -0.1) is 0 Å². The van der Waals surface area contributed by atoms with E-state index in [0.717, 1.165) is 27.5 Å². The van der Waals surface area contributed by atoms with E-state index in [0.29, 0.717) is 22.3 Å². The Morgan fingerprint density at radius 3 is 2.07 bits per heavy atom. The second kappa shape index (κ2) is 9.16. The molecule has 3 aliphatic carbocycles. The Labute approximate surface area is 257 Å². The molecule has 0 aliphatic heterocycles. The van der Waals surface area contributed by atoms with Crippen molar-refractivity contribution in [3.63, 3.8) is 0 Å². The van der Waals surface area contributed by atoms with Crippen LogP contribution in [0.1, 0.15) is 33.6 Å². The molecule has 0 saturated heterocycles. The molecular weight excluding hydrogens is 504 g/mol. The maximum atomic E-state index is 9.44. The lowest BCUT2D eigenvalue weighted by Crippen LogP contribution is -2.22. The van der Waals surface area contributed by atoms with E-state index in [1.807, 2.05) is 72.8 Å². The molecule has 42 heavy (non-hydrogen) atoms. The summed E-state index contributed by atoms with van der Waals surface area (Å²) >= 11 is 0. The molecule has 3 aliphatic rings. The fourth-order valence-electron chi connectivity index (χ4n) is 7.15. The molecule has 0 fully saturated rings. The molecule has 0 N–H and O–H groups in total. The number of allylic oxidation sites excluding steroid dienone is 9. The SMILES string of the molecule is [2H]c1c([2H])c([2H])c2c(-c3cccc4ccccc34)c3c([2H])c([2H])c([2H])c([2H])c3c(C3=C4C=CC=CC4C4C(=C3)C=Cc3ccccc34)c2c1[2H]. The van der Waals surface area contributed by atoms with E-state index in [9.17, 15) is 5.48 Å². The van der Waals surface area contributed by atoms with Crippen molar-refractivity contribution in [2.24, 2.45) is 5.92 Å². The summed E-state index contributed by atoms with van der Waals surface area (Å²) in [6.45, 7) is 0. The molecular formula is C42H28. The number of benzene rings is 6. The highest BCUT2D eigenvalue weighted by Gasteiger charge is 2.35. The molecule has 0 bridgehead atoms. The van der Waals surface area contributed by atoms with Crippen molar-refractivity contribution in [2.45, 2.75) is 5.92 Å². The smallest absolute Gasteiger partial charge is 0.0629 e. The third-order valence-corrected chi connectivity index (χ3v) is 8.89. The van der Waals surface area contributed by atoms with E-state index >= 15 is 0 Å². The van der Waals surface area contributed by atoms with Crippen molar-refractivity contribution >= 4 is 44.0 Å². The first kappa shape index (κ1) is 16.9. The molecule has 0 aromatic heterocycles. The van der Waals surface area contributed by atoms with Gasteiger partial charge < -0.3 is 0 Å². The molecule has 9 rings (SSSR count). The molecule has 0 saturated carbocycles. The van der Waals surface area contributed by atoms with Crippen LogP contribution < -0.4 is 0 Å². The quantitative estimate of drug-likeness (QED) is 0.192. The van der Waals surface area contributed by atoms with E-state index in [1.54, 1.807) is 0 Å². The largest absolute Gasteiger partial charge is 0.0760 e. The third-order valence-electron chi connectivity index (χ3n) is 8.89. The highest BCUT2D eigenvalue weighted by Crippen LogP contribution is 2.52. The van der Waals surface area contributed by atoms with E-state index in [2.05, 4.69) is 36.4 Å². The zero-order chi connectivity index (χ0) is 34.6. The summed E-state index contributed by atoms with van der Waals surface area (Å²) in [5, 5.41) is 2.62. The van der Waals surface area contributed by atoms with Gasteiger partial charge in [0, 0.05) is 11.8 Å². The summed E-state index contributed by atoms with van der Waals surface area (Å²) in [4.78, 5) is 0. The molecule has 0 amide bonds. The predicted octanol–water partition coefficient (Wildman–Crippen LogP) is 11.1. The van der Waals surface area contributed by atoms with E-state index in [1.165, 1.54) is 5.56 Å². The van der Waals surface area contributed by atoms with Crippen molar-refractivity contribution in [1.29, 1.82) is 0 Å². The standard InChI is InChI=1S/C42H28/c1-3-15-30-27(12-1)14-11-23-33(30)41-35-19-7-9-21-37(35)42(38-22-10-8-20-36(38)41)39-26-29-25-24-28-13-2-4-16-31(28)40(29)34-18-6-5-17-32(34)39/h1-26,34,40H/i7D,8D,9D,10D,19D,20D,21D,22D. The van der Waals surface area contributed by atoms with Crippen LogP contribution in [-0.4, -0.2) is 0 Å². The maximum Gasteiger partial charge on any atom is 0.0629 e. The van der Waals surface area contributed by atoms with Gasteiger partial charge in [0.05, 0.1) is 11.0 Å². The van der Waals surface area contributed by atoms with Gasteiger partial charge in [-0.1, -0.05) is 158 Å². The number of hydrogen-bond acceptors (Lipinski definition) is 0. The summed E-state index contributed by atoms with van der Waals surface area (Å²) < 4.78 is 73.0. The average Bonchev–Trinajstić information content (AvgIpc) is 3.15. The minimum Gasteiger partial charge on any atom is -0.0760 e. The van der Waals surface area contributed by atoms with Crippen LogP contribution in [0.5, 0.6) is 0 Å². The zero-order valence-electron chi connectivity index (χ0n) is 30.5. The van der Waals surface area contributed by atoms with Crippen LogP contribution in [0, 0.1) is 5.92 Å². The Morgan fingerprint density at radius 1 is 0.571 bits per heavy atom. The molecule has 0 heteroatoms. The first-order valence-electron chi connectivity index (χ1n) is 18.2. The van der Waals surface area contributed by atoms with Crippen LogP contribution in [0.25, 0.3) is 55.1 Å². The Morgan fingerprint density at radius 2 is 1.26 bits per heavy atom. The Kier molecular flexibility index (Phi) is 3.69. The fraction of sp³-hybridized carbons (Fsp3) is 0.0476.